The highest BCUT2D eigenvalue weighted by Crippen LogP contribution is 2.56. The van der Waals surface area contributed by atoms with E-state index in [0.717, 1.165) is 4.57 Å². The van der Waals surface area contributed by atoms with E-state index in [1.54, 1.807) is 32.0 Å². The molecule has 10 nitrogen and oxygen atoms in total. The summed E-state index contributed by atoms with van der Waals surface area (Å²) in [5.41, 5.74) is 1.03. The van der Waals surface area contributed by atoms with Crippen LogP contribution < -0.4 is 10.2 Å². The third kappa shape index (κ3) is 4.00. The zero-order valence-electron chi connectivity index (χ0n) is 16.5. The van der Waals surface area contributed by atoms with E-state index in [4.69, 9.17) is 30.5 Å². The number of aryl methyl sites for hydroxylation is 2. The molecule has 13 heteroatoms. The summed E-state index contributed by atoms with van der Waals surface area (Å²) in [4.78, 5) is 14.5. The smallest absolute Gasteiger partial charge is 0.403 e. The predicted octanol–water partition coefficient (Wildman–Crippen LogP) is 2.17. The third-order valence-electron chi connectivity index (χ3n) is 5.09. The summed E-state index contributed by atoms with van der Waals surface area (Å²) in [5, 5.41) is 20.5. The van der Waals surface area contributed by atoms with Crippen molar-refractivity contribution in [3.63, 3.8) is 0 Å². The van der Waals surface area contributed by atoms with E-state index in [1.807, 2.05) is 0 Å². The molecule has 3 heterocycles. The molecule has 5 atom stereocenters. The SMILES string of the molecule is Cc1cccc2c1OP(=O)(OC[C@@]1(F)O[C@@H](n3cc(C)c(=S)[nH]c3=O)[C@H](O)[C@@H]1O)OC2. The van der Waals surface area contributed by atoms with Crippen molar-refractivity contribution in [3.05, 3.63) is 56.2 Å². The Morgan fingerprint density at radius 2 is 2.13 bits per heavy atom. The van der Waals surface area contributed by atoms with Gasteiger partial charge in [0.25, 0.3) is 5.85 Å². The van der Waals surface area contributed by atoms with Gasteiger partial charge in [0.1, 0.15) is 29.2 Å². The van der Waals surface area contributed by atoms with E-state index >= 15 is 4.39 Å². The first kappa shape index (κ1) is 22.3. The van der Waals surface area contributed by atoms with Crippen LogP contribution in [0.15, 0.2) is 29.2 Å². The lowest BCUT2D eigenvalue weighted by molar-refractivity contribution is -0.205. The number of hydrogen-bond donors (Lipinski definition) is 3. The van der Waals surface area contributed by atoms with Gasteiger partial charge in [0.05, 0.1) is 6.61 Å². The Balaban J connectivity index is 1.53. The van der Waals surface area contributed by atoms with Gasteiger partial charge in [0, 0.05) is 17.3 Å². The fourth-order valence-electron chi connectivity index (χ4n) is 3.34. The maximum absolute atomic E-state index is 15.4. The van der Waals surface area contributed by atoms with Gasteiger partial charge in [0.2, 0.25) is 0 Å². The number of fused-ring (bicyclic) bond motifs is 1. The summed E-state index contributed by atoms with van der Waals surface area (Å²) < 4.78 is 49.9. The molecule has 0 spiro atoms. The molecule has 0 aliphatic carbocycles. The summed E-state index contributed by atoms with van der Waals surface area (Å²) in [6, 6.07) is 5.23. The number of aliphatic hydroxyl groups excluding tert-OH is 2. The number of rotatable bonds is 4. The Kier molecular flexibility index (Phi) is 5.67. The van der Waals surface area contributed by atoms with E-state index in [-0.39, 0.29) is 11.2 Å². The lowest BCUT2D eigenvalue weighted by Crippen LogP contribution is -2.43. The fraction of sp³-hybridized carbons (Fsp3) is 0.444. The number of hydrogen-bond acceptors (Lipinski definition) is 9. The predicted molar refractivity (Wildman–Crippen MR) is 107 cm³/mol. The number of halogens is 1. The number of H-pyrrole nitrogens is 1. The maximum Gasteiger partial charge on any atom is 0.530 e. The molecule has 4 rings (SSSR count). The van der Waals surface area contributed by atoms with Crippen LogP contribution in [0.1, 0.15) is 22.9 Å². The molecule has 2 aliphatic rings. The summed E-state index contributed by atoms with van der Waals surface area (Å²) in [6.45, 7) is 2.17. The van der Waals surface area contributed by atoms with Crippen molar-refractivity contribution in [1.29, 1.82) is 0 Å². The Bertz CT molecular complexity index is 1190. The number of ether oxygens (including phenoxy) is 1. The molecule has 2 aliphatic heterocycles. The number of phosphoric acid groups is 1. The molecule has 0 bridgehead atoms. The monoisotopic (exact) mass is 474 g/mol. The molecule has 1 unspecified atom stereocenters. The van der Waals surface area contributed by atoms with E-state index in [2.05, 4.69) is 4.98 Å². The van der Waals surface area contributed by atoms with Crippen LogP contribution in [-0.2, 0) is 25.0 Å². The molecule has 1 fully saturated rings. The molecule has 3 N–H and O–H groups in total. The van der Waals surface area contributed by atoms with Crippen molar-refractivity contribution in [3.8, 4) is 5.75 Å². The van der Waals surface area contributed by atoms with Crippen molar-refractivity contribution in [2.45, 2.75) is 44.7 Å². The van der Waals surface area contributed by atoms with Crippen molar-refractivity contribution >= 4 is 20.0 Å². The molecular weight excluding hydrogens is 454 g/mol. The number of para-hydroxylation sites is 1. The minimum Gasteiger partial charge on any atom is -0.403 e. The van der Waals surface area contributed by atoms with Crippen LogP contribution in [0.3, 0.4) is 0 Å². The van der Waals surface area contributed by atoms with Gasteiger partial charge in [-0.1, -0.05) is 30.4 Å². The van der Waals surface area contributed by atoms with Gasteiger partial charge in [-0.15, -0.1) is 0 Å². The number of aliphatic hydroxyl groups is 2. The number of nitrogens with zero attached hydrogens (tertiary/aromatic N) is 1. The van der Waals surface area contributed by atoms with Gasteiger partial charge in [-0.25, -0.2) is 13.8 Å². The summed E-state index contributed by atoms with van der Waals surface area (Å²) in [5.74, 6) is -2.70. The lowest BCUT2D eigenvalue weighted by atomic mass is 10.1. The molecule has 31 heavy (non-hydrogen) atoms. The molecule has 168 valence electrons. The van der Waals surface area contributed by atoms with E-state index in [0.29, 0.717) is 22.4 Å². The maximum atomic E-state index is 15.4. The van der Waals surface area contributed by atoms with Crippen molar-refractivity contribution < 1.29 is 37.5 Å². The van der Waals surface area contributed by atoms with Crippen LogP contribution >= 0.6 is 20.0 Å². The summed E-state index contributed by atoms with van der Waals surface area (Å²) >= 11 is 4.96. The molecule has 2 aromatic rings. The van der Waals surface area contributed by atoms with Crippen LogP contribution in [0.5, 0.6) is 5.75 Å². The van der Waals surface area contributed by atoms with E-state index in [9.17, 15) is 19.6 Å². The number of alkyl halides is 1. The first-order valence-electron chi connectivity index (χ1n) is 9.25. The van der Waals surface area contributed by atoms with Crippen LogP contribution in [-0.4, -0.2) is 44.4 Å². The average Bonchev–Trinajstić information content (AvgIpc) is 2.95. The minimum atomic E-state index is -4.23. The minimum absolute atomic E-state index is 0.0832. The van der Waals surface area contributed by atoms with Crippen LogP contribution in [0.2, 0.25) is 0 Å². The summed E-state index contributed by atoms with van der Waals surface area (Å²) in [6.07, 6.45) is -4.26. The Morgan fingerprint density at radius 1 is 1.39 bits per heavy atom. The standard InChI is InChI=1S/C18H20FN2O8PS/c1-9-4-3-5-11-7-26-30(25,29-13(9)11)27-8-18(19)14(23)12(22)16(28-18)21-6-10(2)15(31)20-17(21)24/h3-6,12,14,16,22-23H,7-8H2,1-2H3,(H,20,24,31)/t12-,14+,16-,18-,30?/m1/s1. The van der Waals surface area contributed by atoms with Crippen LogP contribution in [0.4, 0.5) is 4.39 Å². The highest BCUT2D eigenvalue weighted by molar-refractivity contribution is 7.71. The molecule has 0 radical (unpaired) electrons. The van der Waals surface area contributed by atoms with Crippen LogP contribution in [0.25, 0.3) is 0 Å². The summed E-state index contributed by atoms with van der Waals surface area (Å²) in [7, 11) is -4.23. The highest BCUT2D eigenvalue weighted by Gasteiger charge is 2.57. The lowest BCUT2D eigenvalue weighted by Gasteiger charge is -2.29. The second-order valence-corrected chi connectivity index (χ2v) is 9.36. The van der Waals surface area contributed by atoms with Crippen molar-refractivity contribution in [2.24, 2.45) is 0 Å². The van der Waals surface area contributed by atoms with Gasteiger partial charge in [-0.2, -0.15) is 0 Å². The molecule has 0 saturated carbocycles. The second kappa shape index (κ2) is 7.89. The molecular formula is C18H20FN2O8PS. The van der Waals surface area contributed by atoms with Gasteiger partial charge in [0.15, 0.2) is 6.23 Å². The van der Waals surface area contributed by atoms with E-state index < -0.39 is 44.4 Å². The Labute approximate surface area is 180 Å². The zero-order chi connectivity index (χ0) is 22.6. The first-order chi connectivity index (χ1) is 14.5. The molecule has 0 amide bonds. The third-order valence-corrected chi connectivity index (χ3v) is 6.81. The van der Waals surface area contributed by atoms with Crippen molar-refractivity contribution in [2.75, 3.05) is 6.61 Å². The van der Waals surface area contributed by atoms with Crippen molar-refractivity contribution in [1.82, 2.24) is 9.55 Å². The second-order valence-electron chi connectivity index (χ2n) is 7.36. The number of benzene rings is 1. The Morgan fingerprint density at radius 3 is 2.87 bits per heavy atom. The highest BCUT2D eigenvalue weighted by atomic mass is 32.1. The normalized spacial score (nSPS) is 32.5. The van der Waals surface area contributed by atoms with Gasteiger partial charge in [-0.05, 0) is 19.4 Å². The van der Waals surface area contributed by atoms with Gasteiger partial charge < -0.3 is 19.5 Å². The molecule has 1 saturated heterocycles. The topological polar surface area (TPSA) is 132 Å². The average molecular weight is 474 g/mol. The number of phosphoric ester groups is 1. The first-order valence-corrected chi connectivity index (χ1v) is 11.1. The van der Waals surface area contributed by atoms with E-state index in [1.165, 1.54) is 6.20 Å². The number of aromatic nitrogens is 2. The quantitative estimate of drug-likeness (QED) is 0.451. The van der Waals surface area contributed by atoms with Gasteiger partial charge >= 0.3 is 13.5 Å². The largest absolute Gasteiger partial charge is 0.530 e. The fourth-order valence-corrected chi connectivity index (χ4v) is 4.78. The number of nitrogens with one attached hydrogen (secondary N) is 1. The zero-order valence-corrected chi connectivity index (χ0v) is 18.2. The number of aromatic amines is 1. The molecule has 1 aromatic carbocycles. The van der Waals surface area contributed by atoms with Gasteiger partial charge in [-0.3, -0.25) is 18.6 Å². The Hall–Kier alpha value is -1.92. The molecule has 1 aromatic heterocycles. The van der Waals surface area contributed by atoms with Crippen LogP contribution in [0, 0.1) is 18.5 Å².